The van der Waals surface area contributed by atoms with Gasteiger partial charge in [0.25, 0.3) is 0 Å². The fourth-order valence-corrected chi connectivity index (χ4v) is 8.11. The van der Waals surface area contributed by atoms with E-state index in [-0.39, 0.29) is 17.5 Å². The molecule has 3 aromatic carbocycles. The molecule has 0 radical (unpaired) electrons. The molecule has 1 amide bonds. The Kier molecular flexibility index (Phi) is 6.28. The van der Waals surface area contributed by atoms with Crippen molar-refractivity contribution in [2.75, 3.05) is 10.2 Å². The van der Waals surface area contributed by atoms with E-state index in [0.717, 1.165) is 34.4 Å². The second-order valence-electron chi connectivity index (χ2n) is 12.0. The zero-order chi connectivity index (χ0) is 29.2. The van der Waals surface area contributed by atoms with Gasteiger partial charge in [-0.3, -0.25) is 14.4 Å². The smallest absolute Gasteiger partial charge is 0.238 e. The summed E-state index contributed by atoms with van der Waals surface area (Å²) >= 11 is 1.37. The number of fused-ring (bicyclic) bond motifs is 6. The summed E-state index contributed by atoms with van der Waals surface area (Å²) in [6, 6.07) is 25.6. The molecule has 4 aromatic rings. The second kappa shape index (κ2) is 9.92. The molecule has 4 atom stereocenters. The quantitative estimate of drug-likeness (QED) is 0.248. The summed E-state index contributed by atoms with van der Waals surface area (Å²) in [5.41, 5.74) is 4.74. The highest BCUT2D eigenvalue weighted by molar-refractivity contribution is 7.12. The lowest BCUT2D eigenvalue weighted by atomic mass is 9.64. The number of allylic oxidation sites excluding steroid dienone is 1. The van der Waals surface area contributed by atoms with Gasteiger partial charge in [-0.1, -0.05) is 86.7 Å². The van der Waals surface area contributed by atoms with Crippen LogP contribution in [0.15, 0.2) is 96.4 Å². The third-order valence-corrected chi connectivity index (χ3v) is 9.97. The summed E-state index contributed by atoms with van der Waals surface area (Å²) in [4.78, 5) is 46.7. The van der Waals surface area contributed by atoms with Crippen molar-refractivity contribution in [1.82, 2.24) is 0 Å². The molecule has 6 heteroatoms. The van der Waals surface area contributed by atoms with Gasteiger partial charge in [-0.15, -0.1) is 11.3 Å². The summed E-state index contributed by atoms with van der Waals surface area (Å²) < 4.78 is 0. The summed E-state index contributed by atoms with van der Waals surface area (Å²) in [5, 5.41) is 4.99. The van der Waals surface area contributed by atoms with E-state index < -0.39 is 23.4 Å². The Morgan fingerprint density at radius 2 is 1.67 bits per heavy atom. The van der Waals surface area contributed by atoms with Crippen LogP contribution in [0.3, 0.4) is 0 Å². The molecule has 1 fully saturated rings. The maximum atomic E-state index is 14.9. The molecule has 3 aliphatic heterocycles. The lowest BCUT2D eigenvalue weighted by Gasteiger charge is -2.39. The number of Topliss-reactive ketones (excluding diaryl/α,β-unsaturated/α-hetero) is 2. The van der Waals surface area contributed by atoms with Crippen LogP contribution in [0.25, 0.3) is 5.57 Å². The van der Waals surface area contributed by atoms with Crippen molar-refractivity contribution in [3.8, 4) is 0 Å². The van der Waals surface area contributed by atoms with E-state index in [1.54, 1.807) is 0 Å². The lowest BCUT2D eigenvalue weighted by Crippen LogP contribution is -2.51. The third-order valence-electron chi connectivity index (χ3n) is 9.08. The molecule has 7 rings (SSSR count). The number of hydrogen-bond donors (Lipinski definition) is 1. The van der Waals surface area contributed by atoms with Gasteiger partial charge in [-0.2, -0.15) is 0 Å². The van der Waals surface area contributed by atoms with Crippen molar-refractivity contribution < 1.29 is 14.4 Å². The summed E-state index contributed by atoms with van der Waals surface area (Å²) in [7, 11) is 0. The maximum Gasteiger partial charge on any atom is 0.238 e. The highest BCUT2D eigenvalue weighted by Crippen LogP contribution is 2.58. The van der Waals surface area contributed by atoms with Crippen LogP contribution in [0, 0.1) is 11.8 Å². The normalized spacial score (nSPS) is 23.8. The molecule has 0 bridgehead atoms. The van der Waals surface area contributed by atoms with Gasteiger partial charge in [0.15, 0.2) is 11.6 Å². The van der Waals surface area contributed by atoms with E-state index in [1.165, 1.54) is 11.3 Å². The molecule has 0 unspecified atom stereocenters. The molecule has 42 heavy (non-hydrogen) atoms. The van der Waals surface area contributed by atoms with Crippen molar-refractivity contribution in [2.45, 2.75) is 44.7 Å². The van der Waals surface area contributed by atoms with E-state index >= 15 is 0 Å². The van der Waals surface area contributed by atoms with Crippen LogP contribution < -0.4 is 10.2 Å². The molecule has 5 nitrogen and oxygen atoms in total. The van der Waals surface area contributed by atoms with Crippen LogP contribution in [-0.2, 0) is 16.6 Å². The van der Waals surface area contributed by atoms with Gasteiger partial charge in [-0.25, -0.2) is 0 Å². The molecule has 1 saturated heterocycles. The Morgan fingerprint density at radius 3 is 2.40 bits per heavy atom. The van der Waals surface area contributed by atoms with E-state index in [2.05, 4.69) is 30.1 Å². The van der Waals surface area contributed by atoms with Crippen molar-refractivity contribution in [2.24, 2.45) is 11.8 Å². The molecule has 210 valence electrons. The third kappa shape index (κ3) is 3.78. The minimum Gasteiger partial charge on any atom is -0.352 e. The van der Waals surface area contributed by atoms with E-state index in [1.807, 2.05) is 97.2 Å². The second-order valence-corrected chi connectivity index (χ2v) is 13.0. The van der Waals surface area contributed by atoms with Gasteiger partial charge in [0.05, 0.1) is 16.8 Å². The van der Waals surface area contributed by atoms with Crippen LogP contribution in [-0.4, -0.2) is 29.6 Å². The van der Waals surface area contributed by atoms with Crippen molar-refractivity contribution in [3.05, 3.63) is 124 Å². The summed E-state index contributed by atoms with van der Waals surface area (Å²) in [6.07, 6.45) is 3.01. The van der Waals surface area contributed by atoms with E-state index in [4.69, 9.17) is 0 Å². The number of nitrogens with one attached hydrogen (secondary N) is 1. The molecule has 4 heterocycles. The first-order chi connectivity index (χ1) is 20.3. The van der Waals surface area contributed by atoms with Crippen LogP contribution in [0.5, 0.6) is 0 Å². The van der Waals surface area contributed by atoms with Crippen LogP contribution in [0.1, 0.15) is 57.5 Å². The van der Waals surface area contributed by atoms with Crippen LogP contribution >= 0.6 is 11.3 Å². The number of nitrogens with zero attached hydrogens (tertiary/aromatic N) is 1. The molecule has 1 N–H and O–H groups in total. The Hall–Kier alpha value is -4.29. The topological polar surface area (TPSA) is 66.5 Å². The van der Waals surface area contributed by atoms with E-state index in [9.17, 15) is 14.4 Å². The number of ketones is 2. The van der Waals surface area contributed by atoms with E-state index in [0.29, 0.717) is 22.0 Å². The number of carbonyl (C=O) groups excluding carboxylic acids is 3. The highest BCUT2D eigenvalue weighted by atomic mass is 32.1. The Bertz CT molecular complexity index is 1750. The number of benzene rings is 3. The van der Waals surface area contributed by atoms with Gasteiger partial charge >= 0.3 is 0 Å². The first kappa shape index (κ1) is 26.6. The average molecular weight is 573 g/mol. The molecular formula is C36H32N2O3S. The van der Waals surface area contributed by atoms with Crippen LogP contribution in [0.2, 0.25) is 0 Å². The van der Waals surface area contributed by atoms with Gasteiger partial charge < -0.3 is 10.2 Å². The number of rotatable bonds is 6. The monoisotopic (exact) mass is 572 g/mol. The molecule has 1 spiro atoms. The average Bonchev–Trinajstić information content (AvgIpc) is 3.70. The zero-order valence-corrected chi connectivity index (χ0v) is 24.7. The van der Waals surface area contributed by atoms with Crippen molar-refractivity contribution >= 4 is 45.8 Å². The Balaban J connectivity index is 1.50. The number of anilines is 2. The van der Waals surface area contributed by atoms with Gasteiger partial charge in [0, 0.05) is 22.5 Å². The molecular weight excluding hydrogens is 540 g/mol. The predicted octanol–water partition coefficient (Wildman–Crippen LogP) is 7.19. The largest absolute Gasteiger partial charge is 0.352 e. The van der Waals surface area contributed by atoms with Gasteiger partial charge in [-0.05, 0) is 59.5 Å². The standard InChI is InChI=1S/C36H32N2O3S/c1-21(2)19-23-14-16-24(17-15-23)33(39)31-32(34(40)29-13-8-18-42-29)38-28-12-7-4-9-25(28)22(3)20-30(38)36(31)26-10-5-6-11-27(26)37-35(36)41/h4-18,20-21,30-32H,19H2,1-3H3,(H,37,41)/t30-,31+,32-,36+/m1/s1. The minimum atomic E-state index is -1.29. The SMILES string of the molecule is CC1=C[C@H]2N(c3ccccc31)[C@@H](C(=O)c1cccs1)[C@@H](C(=O)c1ccc(CC(C)C)cc1)[C@@]21C(=O)Nc2ccccc21. The minimum absolute atomic E-state index is 0.137. The van der Waals surface area contributed by atoms with Crippen molar-refractivity contribution in [3.63, 3.8) is 0 Å². The Morgan fingerprint density at radius 1 is 0.929 bits per heavy atom. The fourth-order valence-electron chi connectivity index (χ4n) is 7.41. The first-order valence-corrected chi connectivity index (χ1v) is 15.4. The van der Waals surface area contributed by atoms with Gasteiger partial charge in [0.2, 0.25) is 5.91 Å². The predicted molar refractivity (Wildman–Crippen MR) is 168 cm³/mol. The lowest BCUT2D eigenvalue weighted by molar-refractivity contribution is -0.121. The number of hydrogen-bond acceptors (Lipinski definition) is 5. The highest BCUT2D eigenvalue weighted by Gasteiger charge is 2.70. The maximum absolute atomic E-state index is 14.9. The summed E-state index contributed by atoms with van der Waals surface area (Å²) in [6.45, 7) is 6.38. The first-order valence-electron chi connectivity index (χ1n) is 14.5. The Labute approximate surface area is 249 Å². The number of thiophene rings is 1. The van der Waals surface area contributed by atoms with Crippen molar-refractivity contribution in [1.29, 1.82) is 0 Å². The molecule has 1 aromatic heterocycles. The summed E-state index contributed by atoms with van der Waals surface area (Å²) in [5.74, 6) is -1.03. The molecule has 0 aliphatic carbocycles. The number of amides is 1. The zero-order valence-electron chi connectivity index (χ0n) is 23.8. The fraction of sp³-hybridized carbons (Fsp3) is 0.250. The van der Waals surface area contributed by atoms with Crippen LogP contribution in [0.4, 0.5) is 11.4 Å². The molecule has 3 aliphatic rings. The number of para-hydroxylation sites is 2. The molecule has 0 saturated carbocycles. The number of carbonyl (C=O) groups is 3. The van der Waals surface area contributed by atoms with Gasteiger partial charge in [0.1, 0.15) is 11.5 Å².